The first-order valence-corrected chi connectivity index (χ1v) is 12.1. The van der Waals surface area contributed by atoms with Crippen LogP contribution in [0, 0.1) is 6.92 Å². The van der Waals surface area contributed by atoms with E-state index in [9.17, 15) is 9.59 Å². The van der Waals surface area contributed by atoms with Crippen molar-refractivity contribution in [3.63, 3.8) is 0 Å². The van der Waals surface area contributed by atoms with Crippen LogP contribution in [0.25, 0.3) is 10.8 Å². The van der Waals surface area contributed by atoms with Crippen LogP contribution in [0.2, 0.25) is 0 Å². The highest BCUT2D eigenvalue weighted by Gasteiger charge is 2.28. The second-order valence-electron chi connectivity index (χ2n) is 8.66. The van der Waals surface area contributed by atoms with Gasteiger partial charge in [-0.15, -0.1) is 0 Å². The third-order valence-electron chi connectivity index (χ3n) is 6.31. The number of fused-ring (bicyclic) bond motifs is 1. The summed E-state index contributed by atoms with van der Waals surface area (Å²) in [7, 11) is 0. The lowest BCUT2D eigenvalue weighted by molar-refractivity contribution is -0.141. The van der Waals surface area contributed by atoms with E-state index in [0.29, 0.717) is 32.4 Å². The summed E-state index contributed by atoms with van der Waals surface area (Å²) >= 11 is 0. The van der Waals surface area contributed by atoms with E-state index in [-0.39, 0.29) is 11.8 Å². The fraction of sp³-hybridized carbons (Fsp3) is 0.379. The third-order valence-corrected chi connectivity index (χ3v) is 6.31. The van der Waals surface area contributed by atoms with E-state index in [0.717, 1.165) is 29.5 Å². The van der Waals surface area contributed by atoms with Gasteiger partial charge in [-0.25, -0.2) is 0 Å². The molecule has 0 saturated carbocycles. The van der Waals surface area contributed by atoms with Crippen LogP contribution >= 0.6 is 0 Å². The second kappa shape index (κ2) is 12.2. The predicted molar refractivity (Wildman–Crippen MR) is 136 cm³/mol. The van der Waals surface area contributed by atoms with Gasteiger partial charge in [-0.05, 0) is 53.6 Å². The zero-order chi connectivity index (χ0) is 23.6. The quantitative estimate of drug-likeness (QED) is 0.380. The molecule has 0 spiro atoms. The number of hydrogen-bond acceptors (Lipinski definition) is 2. The smallest absolute Gasteiger partial charge is 0.242 e. The van der Waals surface area contributed by atoms with Crippen LogP contribution in [0.15, 0.2) is 66.7 Å². The highest BCUT2D eigenvalue weighted by Crippen LogP contribution is 2.22. The van der Waals surface area contributed by atoms with E-state index in [2.05, 4.69) is 49.5 Å². The van der Waals surface area contributed by atoms with Gasteiger partial charge in [0.05, 0.1) is 0 Å². The minimum atomic E-state index is -0.471. The molecule has 0 aliphatic rings. The Balaban J connectivity index is 1.81. The van der Waals surface area contributed by atoms with Crippen LogP contribution in [0.3, 0.4) is 0 Å². The number of amides is 2. The van der Waals surface area contributed by atoms with Gasteiger partial charge >= 0.3 is 0 Å². The lowest BCUT2D eigenvalue weighted by Gasteiger charge is -2.31. The number of carbonyl (C=O) groups is 2. The van der Waals surface area contributed by atoms with Gasteiger partial charge in [0, 0.05) is 19.5 Å². The van der Waals surface area contributed by atoms with Gasteiger partial charge < -0.3 is 10.2 Å². The molecule has 0 aliphatic carbocycles. The summed E-state index contributed by atoms with van der Waals surface area (Å²) in [4.78, 5) is 28.3. The Morgan fingerprint density at radius 2 is 1.61 bits per heavy atom. The molecular formula is C29H36N2O2. The summed E-state index contributed by atoms with van der Waals surface area (Å²) in [5, 5.41) is 5.40. The van der Waals surface area contributed by atoms with E-state index in [1.165, 1.54) is 10.8 Å². The molecule has 0 aromatic heterocycles. The maximum absolute atomic E-state index is 13.5. The average Bonchev–Trinajstić information content (AvgIpc) is 2.83. The number of benzene rings is 3. The van der Waals surface area contributed by atoms with Crippen molar-refractivity contribution in [3.05, 3.63) is 83.4 Å². The lowest BCUT2D eigenvalue weighted by Crippen LogP contribution is -2.49. The maximum atomic E-state index is 13.5. The molecule has 3 aromatic rings. The Morgan fingerprint density at radius 1 is 0.909 bits per heavy atom. The first-order valence-electron chi connectivity index (χ1n) is 12.1. The lowest BCUT2D eigenvalue weighted by atomic mass is 10.00. The van der Waals surface area contributed by atoms with Gasteiger partial charge in [-0.1, -0.05) is 87.0 Å². The molecule has 4 nitrogen and oxygen atoms in total. The summed E-state index contributed by atoms with van der Waals surface area (Å²) in [6, 6.07) is 22.1. The molecule has 174 valence electrons. The molecule has 0 unspecified atom stereocenters. The first-order chi connectivity index (χ1) is 16.0. The van der Waals surface area contributed by atoms with Crippen LogP contribution in [0.4, 0.5) is 0 Å². The number of nitrogens with one attached hydrogen (secondary N) is 1. The van der Waals surface area contributed by atoms with Crippen molar-refractivity contribution in [2.75, 3.05) is 6.54 Å². The average molecular weight is 445 g/mol. The fourth-order valence-corrected chi connectivity index (χ4v) is 4.29. The third kappa shape index (κ3) is 6.44. The number of aryl methyl sites for hydroxylation is 2. The minimum Gasteiger partial charge on any atom is -0.354 e. The molecule has 0 radical (unpaired) electrons. The largest absolute Gasteiger partial charge is 0.354 e. The van der Waals surface area contributed by atoms with Gasteiger partial charge in [0.2, 0.25) is 11.8 Å². The van der Waals surface area contributed by atoms with E-state index in [1.54, 1.807) is 4.90 Å². The number of unbranched alkanes of at least 4 members (excludes halogenated alkanes) is 1. The Bertz CT molecular complexity index is 1070. The van der Waals surface area contributed by atoms with E-state index >= 15 is 0 Å². The minimum absolute atomic E-state index is 0.0173. The molecule has 0 saturated heterocycles. The van der Waals surface area contributed by atoms with Crippen molar-refractivity contribution in [2.24, 2.45) is 0 Å². The summed E-state index contributed by atoms with van der Waals surface area (Å²) in [5.74, 6) is -0.0401. The molecule has 2 amide bonds. The van der Waals surface area contributed by atoms with Gasteiger partial charge in [-0.2, -0.15) is 0 Å². The van der Waals surface area contributed by atoms with Crippen molar-refractivity contribution >= 4 is 22.6 Å². The summed E-state index contributed by atoms with van der Waals surface area (Å²) in [6.45, 7) is 7.23. The van der Waals surface area contributed by atoms with Crippen molar-refractivity contribution in [3.8, 4) is 0 Å². The maximum Gasteiger partial charge on any atom is 0.242 e. The molecule has 0 fully saturated rings. The molecule has 0 heterocycles. The molecule has 3 rings (SSSR count). The highest BCUT2D eigenvalue weighted by atomic mass is 16.2. The van der Waals surface area contributed by atoms with E-state index < -0.39 is 6.04 Å². The Hall–Kier alpha value is -3.14. The Labute approximate surface area is 198 Å². The topological polar surface area (TPSA) is 49.4 Å². The molecule has 0 aliphatic heterocycles. The predicted octanol–water partition coefficient (Wildman–Crippen LogP) is 5.80. The number of hydrogen-bond donors (Lipinski definition) is 1. The summed E-state index contributed by atoms with van der Waals surface area (Å²) in [6.07, 6.45) is 3.57. The van der Waals surface area contributed by atoms with Crippen LogP contribution in [0.1, 0.15) is 56.2 Å². The summed E-state index contributed by atoms with van der Waals surface area (Å²) in [5.41, 5.74) is 3.37. The van der Waals surface area contributed by atoms with E-state index in [1.807, 2.05) is 43.3 Å². The highest BCUT2D eigenvalue weighted by molar-refractivity contribution is 5.89. The Morgan fingerprint density at radius 3 is 2.36 bits per heavy atom. The standard InChI is InChI=1S/C29H36N2O2/c1-4-6-20-30-29(33)27(5-2)31(21-25-14-8-7-12-22(25)3)28(32)19-18-24-16-11-15-23-13-9-10-17-26(23)24/h7-17,27H,4-6,18-21H2,1-3H3,(H,30,33)/t27-/m1/s1. The molecule has 1 N–H and O–H groups in total. The fourth-order valence-electron chi connectivity index (χ4n) is 4.29. The molecule has 1 atom stereocenters. The van der Waals surface area contributed by atoms with Gasteiger partial charge in [0.25, 0.3) is 0 Å². The molecule has 3 aromatic carbocycles. The second-order valence-corrected chi connectivity index (χ2v) is 8.66. The van der Waals surface area contributed by atoms with Crippen LogP contribution < -0.4 is 5.32 Å². The SMILES string of the molecule is CCCCNC(=O)[C@@H](CC)N(Cc1ccccc1C)C(=O)CCc1cccc2ccccc12. The summed E-state index contributed by atoms with van der Waals surface area (Å²) < 4.78 is 0. The van der Waals surface area contributed by atoms with Crippen molar-refractivity contribution < 1.29 is 9.59 Å². The first kappa shape index (κ1) is 24.5. The van der Waals surface area contributed by atoms with Gasteiger partial charge in [0.15, 0.2) is 0 Å². The molecule has 0 bridgehead atoms. The van der Waals surface area contributed by atoms with Crippen LogP contribution in [0.5, 0.6) is 0 Å². The van der Waals surface area contributed by atoms with Crippen molar-refractivity contribution in [1.82, 2.24) is 10.2 Å². The van der Waals surface area contributed by atoms with Crippen LogP contribution in [-0.2, 0) is 22.6 Å². The van der Waals surface area contributed by atoms with E-state index in [4.69, 9.17) is 0 Å². The molecule has 4 heteroatoms. The molecular weight excluding hydrogens is 408 g/mol. The zero-order valence-corrected chi connectivity index (χ0v) is 20.1. The van der Waals surface area contributed by atoms with Crippen LogP contribution in [-0.4, -0.2) is 29.3 Å². The van der Waals surface area contributed by atoms with Gasteiger partial charge in [0.1, 0.15) is 6.04 Å². The Kier molecular flexibility index (Phi) is 9.05. The number of carbonyl (C=O) groups excluding carboxylic acids is 2. The van der Waals surface area contributed by atoms with Gasteiger partial charge in [-0.3, -0.25) is 9.59 Å². The number of rotatable bonds is 11. The normalized spacial score (nSPS) is 11.8. The molecule has 33 heavy (non-hydrogen) atoms. The van der Waals surface area contributed by atoms with Crippen molar-refractivity contribution in [1.29, 1.82) is 0 Å². The monoisotopic (exact) mass is 444 g/mol. The van der Waals surface area contributed by atoms with Crippen molar-refractivity contribution in [2.45, 2.75) is 65.5 Å². The zero-order valence-electron chi connectivity index (χ0n) is 20.1. The number of nitrogens with zero attached hydrogens (tertiary/aromatic N) is 1.